The van der Waals surface area contributed by atoms with Crippen LogP contribution in [-0.4, -0.2) is 28.9 Å². The van der Waals surface area contributed by atoms with Crippen LogP contribution in [0.25, 0.3) is 0 Å². The fourth-order valence-electron chi connectivity index (χ4n) is 1.27. The van der Waals surface area contributed by atoms with E-state index in [4.69, 9.17) is 20.9 Å². The number of aromatic nitrogens is 2. The molecule has 0 radical (unpaired) electrons. The third kappa shape index (κ3) is 6.10. The lowest BCUT2D eigenvalue weighted by Gasteiger charge is -2.19. The average molecular weight is 338 g/mol. The summed E-state index contributed by atoms with van der Waals surface area (Å²) in [7, 11) is 0. The molecule has 0 atom stereocenters. The van der Waals surface area contributed by atoms with Crippen molar-refractivity contribution in [2.45, 2.75) is 37.9 Å². The molecule has 0 aliphatic heterocycles. The first-order chi connectivity index (χ1) is 9.03. The van der Waals surface area contributed by atoms with E-state index in [0.717, 1.165) is 21.6 Å². The predicted molar refractivity (Wildman–Crippen MR) is 86.6 cm³/mol. The summed E-state index contributed by atoms with van der Waals surface area (Å²) in [5.41, 5.74) is -1.42. The van der Waals surface area contributed by atoms with E-state index in [2.05, 4.69) is 16.9 Å². The van der Waals surface area contributed by atoms with Crippen LogP contribution in [0.4, 0.5) is 0 Å². The molecule has 8 heteroatoms. The smallest absolute Gasteiger partial charge is 0.253 e. The van der Waals surface area contributed by atoms with Gasteiger partial charge in [0.05, 0.1) is 13.2 Å². The van der Waals surface area contributed by atoms with Crippen LogP contribution in [0.15, 0.2) is 16.2 Å². The van der Waals surface area contributed by atoms with E-state index in [1.54, 1.807) is 11.8 Å². The molecule has 0 aromatic carbocycles. The van der Waals surface area contributed by atoms with Crippen LogP contribution in [0.2, 0.25) is 0 Å². The molecule has 0 bridgehead atoms. The van der Waals surface area contributed by atoms with Crippen molar-refractivity contribution in [3.8, 4) is 0 Å². The first kappa shape index (κ1) is 17.4. The third-order valence-electron chi connectivity index (χ3n) is 1.86. The maximum absolute atomic E-state index is 5.61. The Balaban J connectivity index is 2.92. The summed E-state index contributed by atoms with van der Waals surface area (Å²) >= 11 is 8.52. The molecule has 19 heavy (non-hydrogen) atoms. The van der Waals surface area contributed by atoms with Crippen LogP contribution >= 0.6 is 28.8 Å². The Labute approximate surface area is 128 Å². The first-order valence-corrected chi connectivity index (χ1v) is 11.1. The van der Waals surface area contributed by atoms with Crippen LogP contribution in [-0.2, 0) is 20.9 Å². The van der Waals surface area contributed by atoms with E-state index in [1.807, 2.05) is 26.8 Å². The van der Waals surface area contributed by atoms with Crippen molar-refractivity contribution in [1.82, 2.24) is 9.97 Å². The highest BCUT2D eigenvalue weighted by Crippen LogP contribution is 2.63. The lowest BCUT2D eigenvalue weighted by atomic mass is 10.5. The normalized spacial score (nSPS) is 11.8. The maximum Gasteiger partial charge on any atom is 0.253 e. The second-order valence-corrected chi connectivity index (χ2v) is 10.8. The number of rotatable bonds is 8. The summed E-state index contributed by atoms with van der Waals surface area (Å²) in [5, 5.41) is 1.60. The largest absolute Gasteiger partial charge is 0.322 e. The second-order valence-electron chi connectivity index (χ2n) is 3.44. The molecule has 0 saturated carbocycles. The number of thioether (sulfide) groups is 1. The second kappa shape index (κ2) is 8.60. The van der Waals surface area contributed by atoms with Gasteiger partial charge in [-0.25, -0.2) is 9.97 Å². The number of aryl methyl sites for hydroxylation is 1. The molecule has 108 valence electrons. The Morgan fingerprint density at radius 2 is 1.84 bits per heavy atom. The summed E-state index contributed by atoms with van der Waals surface area (Å²) in [4.78, 5) is 8.87. The summed E-state index contributed by atoms with van der Waals surface area (Å²) in [5.74, 6) is 0.943. The molecule has 0 fully saturated rings. The van der Waals surface area contributed by atoms with E-state index in [-0.39, 0.29) is 0 Å². The highest BCUT2D eigenvalue weighted by atomic mass is 32.9. The zero-order valence-corrected chi connectivity index (χ0v) is 14.9. The summed E-state index contributed by atoms with van der Waals surface area (Å²) in [6, 6.07) is 1.92. The maximum atomic E-state index is 5.61. The van der Waals surface area contributed by atoms with Crippen molar-refractivity contribution >= 4 is 40.6 Å². The van der Waals surface area contributed by atoms with Crippen molar-refractivity contribution in [3.63, 3.8) is 0 Å². The molecule has 0 N–H and O–H groups in total. The van der Waals surface area contributed by atoms with Crippen molar-refractivity contribution in [3.05, 3.63) is 11.8 Å². The quantitative estimate of drug-likeness (QED) is 0.303. The zero-order valence-electron chi connectivity index (χ0n) is 11.6. The minimum absolute atomic E-state index is 0.547. The van der Waals surface area contributed by atoms with Gasteiger partial charge < -0.3 is 9.05 Å². The summed E-state index contributed by atoms with van der Waals surface area (Å²) in [6.07, 6.45) is 0. The van der Waals surface area contributed by atoms with Gasteiger partial charge in [0.15, 0.2) is 5.16 Å². The minimum Gasteiger partial charge on any atom is -0.322 e. The van der Waals surface area contributed by atoms with Crippen LogP contribution in [0.3, 0.4) is 0 Å². The Kier molecular flexibility index (Phi) is 7.87. The van der Waals surface area contributed by atoms with E-state index < -0.39 is 5.69 Å². The lowest BCUT2D eigenvalue weighted by Crippen LogP contribution is -1.95. The van der Waals surface area contributed by atoms with Gasteiger partial charge >= 0.3 is 0 Å². The molecule has 0 amide bonds. The van der Waals surface area contributed by atoms with E-state index in [9.17, 15) is 0 Å². The molecule has 4 nitrogen and oxygen atoms in total. The molecule has 0 spiro atoms. The Hall–Kier alpha value is 0.350. The van der Waals surface area contributed by atoms with Gasteiger partial charge in [-0.15, -0.1) is 0 Å². The number of hydrogen-bond donors (Lipinski definition) is 0. The molecule has 1 heterocycles. The molecule has 0 unspecified atom stereocenters. The van der Waals surface area contributed by atoms with Crippen LogP contribution < -0.4 is 0 Å². The fourth-order valence-corrected chi connectivity index (χ4v) is 6.59. The minimum atomic E-state index is -2.35. The molecule has 0 saturated heterocycles. The SMILES string of the molecule is CCOP(=S)(OCC)Sc1cc(C)nc(SCC)n1. The zero-order chi connectivity index (χ0) is 14.3. The van der Waals surface area contributed by atoms with Gasteiger partial charge in [0, 0.05) is 5.69 Å². The molecule has 1 rings (SSSR count). The summed E-state index contributed by atoms with van der Waals surface area (Å²) in [6.45, 7) is 8.97. The van der Waals surface area contributed by atoms with Crippen molar-refractivity contribution < 1.29 is 9.05 Å². The topological polar surface area (TPSA) is 44.2 Å². The molecule has 1 aromatic rings. The van der Waals surface area contributed by atoms with Gasteiger partial charge in [-0.1, -0.05) is 18.7 Å². The Morgan fingerprint density at radius 1 is 1.21 bits per heavy atom. The van der Waals surface area contributed by atoms with Crippen LogP contribution in [0.1, 0.15) is 26.5 Å². The van der Waals surface area contributed by atoms with Gasteiger partial charge in [-0.05, 0) is 55.8 Å². The molecule has 0 aliphatic carbocycles. The van der Waals surface area contributed by atoms with Gasteiger partial charge in [0.1, 0.15) is 5.03 Å². The van der Waals surface area contributed by atoms with Crippen molar-refractivity contribution in [1.29, 1.82) is 0 Å². The summed E-state index contributed by atoms with van der Waals surface area (Å²) < 4.78 is 11.2. The fraction of sp³-hybridized carbons (Fsp3) is 0.636. The molecule has 0 aliphatic rings. The predicted octanol–water partition coefficient (Wildman–Crippen LogP) is 4.29. The molecule has 1 aromatic heterocycles. The van der Waals surface area contributed by atoms with Gasteiger partial charge in [0.2, 0.25) is 0 Å². The molecular weight excluding hydrogens is 319 g/mol. The monoisotopic (exact) mass is 338 g/mol. The first-order valence-electron chi connectivity index (χ1n) is 6.10. The van der Waals surface area contributed by atoms with Crippen molar-refractivity contribution in [2.75, 3.05) is 19.0 Å². The van der Waals surface area contributed by atoms with E-state index >= 15 is 0 Å². The van der Waals surface area contributed by atoms with Crippen LogP contribution in [0, 0.1) is 6.92 Å². The van der Waals surface area contributed by atoms with Gasteiger partial charge in [-0.3, -0.25) is 0 Å². The Morgan fingerprint density at radius 3 is 2.37 bits per heavy atom. The van der Waals surface area contributed by atoms with Crippen LogP contribution in [0.5, 0.6) is 0 Å². The molecular formula is C11H19N2O2PS3. The Bertz CT molecular complexity index is 450. The van der Waals surface area contributed by atoms with E-state index in [1.165, 1.54) is 11.4 Å². The number of hydrogen-bond acceptors (Lipinski definition) is 7. The lowest BCUT2D eigenvalue weighted by molar-refractivity contribution is 0.280. The van der Waals surface area contributed by atoms with Gasteiger partial charge in [-0.2, -0.15) is 0 Å². The highest BCUT2D eigenvalue weighted by Gasteiger charge is 2.21. The third-order valence-corrected chi connectivity index (χ3v) is 7.53. The average Bonchev–Trinajstić information content (AvgIpc) is 2.28. The van der Waals surface area contributed by atoms with Gasteiger partial charge in [0.25, 0.3) is 5.69 Å². The standard InChI is InChI=1S/C11H19N2O2PS3/c1-5-14-16(17,15-6-2)19-10-8-9(4)12-11(13-10)18-7-3/h8H,5-7H2,1-4H3. The number of nitrogens with zero attached hydrogens (tertiary/aromatic N) is 2. The van der Waals surface area contributed by atoms with Crippen molar-refractivity contribution in [2.24, 2.45) is 0 Å². The highest BCUT2D eigenvalue weighted by molar-refractivity contribution is 8.67. The van der Waals surface area contributed by atoms with E-state index in [0.29, 0.717) is 13.2 Å².